The van der Waals surface area contributed by atoms with Crippen molar-refractivity contribution in [1.82, 2.24) is 4.57 Å². The molecular weight excluding hydrogens is 266 g/mol. The van der Waals surface area contributed by atoms with Gasteiger partial charge >= 0.3 is 0 Å². The molecular formula is C13H17NO4S. The SMILES string of the molecule is [2H]C([2H])([2H])[C@@]([2H])(OS(C)(=O)=O)C([2H])([2H])n1ccc2cc(OC)ccc21. The first-order valence-corrected chi connectivity index (χ1v) is 7.11. The Morgan fingerprint density at radius 2 is 2.32 bits per heavy atom. The second-order valence-corrected chi connectivity index (χ2v) is 5.41. The van der Waals surface area contributed by atoms with Crippen LogP contribution in [0.5, 0.6) is 5.75 Å². The van der Waals surface area contributed by atoms with Crippen LogP contribution in [0.3, 0.4) is 0 Å². The molecule has 0 N–H and O–H groups in total. The van der Waals surface area contributed by atoms with Crippen LogP contribution in [-0.2, 0) is 20.8 Å². The fraction of sp³-hybridized carbons (Fsp3) is 0.385. The van der Waals surface area contributed by atoms with Crippen molar-refractivity contribution < 1.29 is 25.6 Å². The summed E-state index contributed by atoms with van der Waals surface area (Å²) in [5.41, 5.74) is 0.253. The molecule has 0 aliphatic rings. The summed E-state index contributed by atoms with van der Waals surface area (Å²) >= 11 is 0. The maximum atomic E-state index is 11.5. The Labute approximate surface area is 121 Å². The molecule has 2 aromatic rings. The number of rotatable bonds is 5. The fourth-order valence-electron chi connectivity index (χ4n) is 1.62. The average molecular weight is 289 g/mol. The Hall–Kier alpha value is -1.53. The summed E-state index contributed by atoms with van der Waals surface area (Å²) in [5.74, 6) is 0.506. The van der Waals surface area contributed by atoms with Crippen molar-refractivity contribution in [2.24, 2.45) is 0 Å². The van der Waals surface area contributed by atoms with Crippen LogP contribution in [0.1, 0.15) is 15.1 Å². The molecule has 0 bridgehead atoms. The largest absolute Gasteiger partial charge is 0.497 e. The normalized spacial score (nSPS) is 21.4. The Morgan fingerprint density at radius 1 is 1.53 bits per heavy atom. The molecule has 6 heteroatoms. The molecule has 0 saturated heterocycles. The summed E-state index contributed by atoms with van der Waals surface area (Å²) in [6, 6.07) is 6.11. The average Bonchev–Trinajstić information content (AvgIpc) is 2.87. The molecule has 0 aliphatic carbocycles. The van der Waals surface area contributed by atoms with Gasteiger partial charge in [0.15, 0.2) is 0 Å². The fourth-order valence-corrected chi connectivity index (χ4v) is 1.96. The Bertz CT molecular complexity index is 892. The van der Waals surface area contributed by atoms with Crippen LogP contribution < -0.4 is 4.74 Å². The third-order valence-corrected chi connectivity index (χ3v) is 2.82. The summed E-state index contributed by atoms with van der Waals surface area (Å²) in [6.07, 6.45) is -1.60. The predicted octanol–water partition coefficient (Wildman–Crippen LogP) is 2.01. The quantitative estimate of drug-likeness (QED) is 0.790. The lowest BCUT2D eigenvalue weighted by molar-refractivity contribution is 0.211. The van der Waals surface area contributed by atoms with Crippen LogP contribution in [0.25, 0.3) is 10.9 Å². The number of methoxy groups -OCH3 is 1. The van der Waals surface area contributed by atoms with Crippen LogP contribution in [0.4, 0.5) is 0 Å². The van der Waals surface area contributed by atoms with Gasteiger partial charge in [0.05, 0.1) is 30.1 Å². The van der Waals surface area contributed by atoms with Crippen molar-refractivity contribution in [3.05, 3.63) is 30.5 Å². The van der Waals surface area contributed by atoms with E-state index in [9.17, 15) is 8.42 Å². The maximum Gasteiger partial charge on any atom is 0.264 e. The molecule has 0 fully saturated rings. The number of aromatic nitrogens is 1. The Kier molecular flexibility index (Phi) is 2.18. The standard InChI is InChI=1S/C13H17NO4S/c1-10(18-19(3,15)16)9-14-7-6-11-8-12(17-2)4-5-13(11)14/h4-8,10H,9H2,1-3H3/t10-/m1/s1/i1D3,9D2,10D. The van der Waals surface area contributed by atoms with Crippen LogP contribution in [0, 0.1) is 0 Å². The van der Waals surface area contributed by atoms with Crippen LogP contribution in [0.15, 0.2) is 30.5 Å². The number of benzene rings is 1. The van der Waals surface area contributed by atoms with Gasteiger partial charge in [-0.15, -0.1) is 0 Å². The minimum atomic E-state index is -4.42. The van der Waals surface area contributed by atoms with Crippen LogP contribution >= 0.6 is 0 Å². The summed E-state index contributed by atoms with van der Waals surface area (Å²) in [5, 5.41) is 0.524. The first-order chi connectivity index (χ1) is 11.2. The highest BCUT2D eigenvalue weighted by Gasteiger charge is 2.12. The van der Waals surface area contributed by atoms with E-state index in [0.717, 1.165) is 4.57 Å². The van der Waals surface area contributed by atoms with Gasteiger partial charge in [-0.05, 0) is 31.1 Å². The van der Waals surface area contributed by atoms with E-state index in [1.54, 1.807) is 6.07 Å². The summed E-state index contributed by atoms with van der Waals surface area (Å²) < 4.78 is 80.3. The molecule has 5 nitrogen and oxygen atoms in total. The van der Waals surface area contributed by atoms with Gasteiger partial charge in [-0.2, -0.15) is 8.42 Å². The van der Waals surface area contributed by atoms with E-state index in [1.807, 2.05) is 0 Å². The highest BCUT2D eigenvalue weighted by molar-refractivity contribution is 7.86. The topological polar surface area (TPSA) is 57.5 Å². The van der Waals surface area contributed by atoms with E-state index in [2.05, 4.69) is 4.18 Å². The van der Waals surface area contributed by atoms with Crippen molar-refractivity contribution in [3.63, 3.8) is 0 Å². The van der Waals surface area contributed by atoms with Crippen LogP contribution in [0.2, 0.25) is 0 Å². The number of nitrogens with zero attached hydrogens (tertiary/aromatic N) is 1. The van der Waals surface area contributed by atoms with E-state index in [1.165, 1.54) is 31.5 Å². The predicted molar refractivity (Wildman–Crippen MR) is 73.9 cm³/mol. The minimum absolute atomic E-state index is 0.253. The highest BCUT2D eigenvalue weighted by Crippen LogP contribution is 2.22. The zero-order valence-electron chi connectivity index (χ0n) is 16.4. The summed E-state index contributed by atoms with van der Waals surface area (Å²) in [4.78, 5) is 0. The molecule has 0 aliphatic heterocycles. The van der Waals surface area contributed by atoms with Gasteiger partial charge in [0, 0.05) is 21.2 Å². The van der Waals surface area contributed by atoms with Gasteiger partial charge in [0.25, 0.3) is 10.1 Å². The number of fused-ring (bicyclic) bond motifs is 1. The molecule has 0 saturated carbocycles. The third-order valence-electron chi connectivity index (χ3n) is 2.35. The van der Waals surface area contributed by atoms with Gasteiger partial charge in [-0.3, -0.25) is 4.18 Å². The first-order valence-electron chi connectivity index (χ1n) is 8.29. The van der Waals surface area contributed by atoms with Crippen molar-refractivity contribution >= 4 is 21.0 Å². The smallest absolute Gasteiger partial charge is 0.264 e. The number of hydrogen-bond acceptors (Lipinski definition) is 4. The maximum absolute atomic E-state index is 11.5. The Balaban J connectivity index is 2.69. The third kappa shape index (κ3) is 3.48. The molecule has 1 atom stereocenters. The second kappa shape index (κ2) is 5.22. The molecule has 19 heavy (non-hydrogen) atoms. The van der Waals surface area contributed by atoms with E-state index in [-0.39, 0.29) is 5.52 Å². The molecule has 0 amide bonds. The highest BCUT2D eigenvalue weighted by atomic mass is 32.2. The zero-order chi connectivity index (χ0) is 19.3. The van der Waals surface area contributed by atoms with Gasteiger partial charge in [0.2, 0.25) is 0 Å². The number of ether oxygens (including phenoxy) is 1. The molecule has 1 aromatic carbocycles. The molecule has 2 rings (SSSR count). The lowest BCUT2D eigenvalue weighted by Crippen LogP contribution is -2.19. The van der Waals surface area contributed by atoms with Crippen molar-refractivity contribution in [3.8, 4) is 5.75 Å². The van der Waals surface area contributed by atoms with Crippen LogP contribution in [-0.4, -0.2) is 32.4 Å². The van der Waals surface area contributed by atoms with E-state index in [0.29, 0.717) is 17.4 Å². The van der Waals surface area contributed by atoms with Gasteiger partial charge in [-0.25, -0.2) is 0 Å². The Morgan fingerprint density at radius 3 is 2.95 bits per heavy atom. The van der Waals surface area contributed by atoms with Crippen molar-refractivity contribution in [1.29, 1.82) is 0 Å². The van der Waals surface area contributed by atoms with Gasteiger partial charge in [0.1, 0.15) is 5.75 Å². The lowest BCUT2D eigenvalue weighted by atomic mass is 10.2. The summed E-state index contributed by atoms with van der Waals surface area (Å²) in [7, 11) is -2.96. The molecule has 0 radical (unpaired) electrons. The van der Waals surface area contributed by atoms with E-state index < -0.39 is 29.5 Å². The first kappa shape index (κ1) is 7.91. The number of hydrogen-bond donors (Lipinski definition) is 0. The van der Waals surface area contributed by atoms with E-state index >= 15 is 0 Å². The van der Waals surface area contributed by atoms with E-state index in [4.69, 9.17) is 13.0 Å². The zero-order valence-corrected chi connectivity index (χ0v) is 11.2. The van der Waals surface area contributed by atoms with Gasteiger partial charge in [-0.1, -0.05) is 0 Å². The second-order valence-electron chi connectivity index (χ2n) is 3.84. The molecule has 0 unspecified atom stereocenters. The molecule has 0 spiro atoms. The van der Waals surface area contributed by atoms with Crippen molar-refractivity contribution in [2.75, 3.05) is 13.4 Å². The van der Waals surface area contributed by atoms with Gasteiger partial charge < -0.3 is 9.30 Å². The monoisotopic (exact) mass is 289 g/mol. The minimum Gasteiger partial charge on any atom is -0.497 e. The molecule has 1 aromatic heterocycles. The van der Waals surface area contributed by atoms with Crippen molar-refractivity contribution in [2.45, 2.75) is 19.4 Å². The molecule has 1 heterocycles. The summed E-state index contributed by atoms with van der Waals surface area (Å²) in [6.45, 7) is -6.42. The lowest BCUT2D eigenvalue weighted by Gasteiger charge is -2.13. The molecule has 104 valence electrons.